The monoisotopic (exact) mass is 294 g/mol. The van der Waals surface area contributed by atoms with E-state index in [0.29, 0.717) is 12.2 Å². The van der Waals surface area contributed by atoms with Crippen LogP contribution in [-0.2, 0) is 6.54 Å². The summed E-state index contributed by atoms with van der Waals surface area (Å²) in [6.45, 7) is 0.437. The molecule has 0 aliphatic rings. The van der Waals surface area contributed by atoms with E-state index < -0.39 is 4.92 Å². The number of benzene rings is 2. The number of rotatable bonds is 4. The molecule has 1 unspecified atom stereocenters. The third-order valence-corrected chi connectivity index (χ3v) is 3.23. The number of nitro benzene ring substituents is 1. The number of phenolic OH excluding ortho intramolecular Hbond substituents is 1. The van der Waals surface area contributed by atoms with Crippen molar-refractivity contribution < 1.29 is 14.4 Å². The molecule has 1 atom stereocenters. The van der Waals surface area contributed by atoms with Gasteiger partial charge in [-0.3, -0.25) is 10.1 Å². The summed E-state index contributed by atoms with van der Waals surface area (Å²) in [5.74, 6) is -0.691. The zero-order valence-corrected chi connectivity index (χ0v) is 11.5. The Hall–Kier alpha value is -2.20. The summed E-state index contributed by atoms with van der Waals surface area (Å²) in [4.78, 5) is 10.1. The van der Waals surface area contributed by atoms with Gasteiger partial charge in [0.2, 0.25) is 0 Å². The van der Waals surface area contributed by atoms with E-state index in [1.54, 1.807) is 22.9 Å². The van der Waals surface area contributed by atoms with Crippen molar-refractivity contribution in [3.05, 3.63) is 64.0 Å². The quantitative estimate of drug-likeness (QED) is 0.534. The Bertz CT molecular complexity index is 634. The first-order chi connectivity index (χ1) is 9.47. The fourth-order valence-corrected chi connectivity index (χ4v) is 2.09. The zero-order valence-electron chi connectivity index (χ0n) is 10.4. The summed E-state index contributed by atoms with van der Waals surface area (Å²) < 4.78 is 14.5. The highest BCUT2D eigenvalue weighted by atomic mass is 31.0. The molecule has 0 aliphatic heterocycles. The van der Waals surface area contributed by atoms with Gasteiger partial charge < -0.3 is 9.78 Å². The Kier molecular flexibility index (Phi) is 4.15. The maximum atomic E-state index is 12.8. The van der Waals surface area contributed by atoms with Crippen LogP contribution < -0.4 is 4.67 Å². The second-order valence-electron chi connectivity index (χ2n) is 4.18. The second-order valence-corrected chi connectivity index (χ2v) is 4.81. The van der Waals surface area contributed by atoms with Crippen LogP contribution >= 0.6 is 9.39 Å². The lowest BCUT2D eigenvalue weighted by molar-refractivity contribution is -0.385. The van der Waals surface area contributed by atoms with Crippen LogP contribution in [0, 0.1) is 15.9 Å². The van der Waals surface area contributed by atoms with Gasteiger partial charge in [0.15, 0.2) is 5.75 Å². The van der Waals surface area contributed by atoms with Gasteiger partial charge in [-0.1, -0.05) is 12.1 Å². The average Bonchev–Trinajstić information content (AvgIpc) is 2.41. The molecular weight excluding hydrogens is 282 g/mol. The van der Waals surface area contributed by atoms with Gasteiger partial charge >= 0.3 is 5.69 Å². The van der Waals surface area contributed by atoms with E-state index in [0.717, 1.165) is 5.56 Å². The van der Waals surface area contributed by atoms with Gasteiger partial charge in [0.1, 0.15) is 5.82 Å². The number of halogens is 1. The first kappa shape index (κ1) is 14.2. The molecule has 5 nitrogen and oxygen atoms in total. The Morgan fingerprint density at radius 2 is 1.90 bits per heavy atom. The maximum absolute atomic E-state index is 12.8. The van der Waals surface area contributed by atoms with Crippen molar-refractivity contribution in [2.24, 2.45) is 0 Å². The Morgan fingerprint density at radius 3 is 2.50 bits per heavy atom. The molecule has 0 aromatic heterocycles. The first-order valence-corrected chi connectivity index (χ1v) is 6.23. The molecule has 0 radical (unpaired) electrons. The summed E-state index contributed by atoms with van der Waals surface area (Å²) in [6.07, 6.45) is 0. The molecule has 0 fully saturated rings. The predicted octanol–water partition coefficient (Wildman–Crippen LogP) is 3.24. The highest BCUT2D eigenvalue weighted by Gasteiger charge is 2.15. The van der Waals surface area contributed by atoms with Crippen LogP contribution in [0.3, 0.4) is 0 Å². The highest BCUT2D eigenvalue weighted by molar-refractivity contribution is 7.19. The predicted molar refractivity (Wildman–Crippen MR) is 77.1 cm³/mol. The van der Waals surface area contributed by atoms with Crippen molar-refractivity contribution >= 4 is 20.8 Å². The maximum Gasteiger partial charge on any atom is 0.312 e. The average molecular weight is 294 g/mol. The lowest BCUT2D eigenvalue weighted by Crippen LogP contribution is -2.09. The molecule has 7 heteroatoms. The van der Waals surface area contributed by atoms with E-state index in [1.165, 1.54) is 24.3 Å². The smallest absolute Gasteiger partial charge is 0.312 e. The van der Waals surface area contributed by atoms with Gasteiger partial charge in [-0.05, 0) is 39.2 Å². The molecule has 0 saturated carbocycles. The van der Waals surface area contributed by atoms with Crippen molar-refractivity contribution in [3.63, 3.8) is 0 Å². The van der Waals surface area contributed by atoms with Crippen molar-refractivity contribution in [3.8, 4) is 5.75 Å². The molecule has 104 valence electrons. The van der Waals surface area contributed by atoms with E-state index in [1.807, 2.05) is 0 Å². The van der Waals surface area contributed by atoms with E-state index in [-0.39, 0.29) is 17.3 Å². The third-order valence-electron chi connectivity index (χ3n) is 2.75. The van der Waals surface area contributed by atoms with E-state index in [9.17, 15) is 19.6 Å². The molecule has 1 N–H and O–H groups in total. The highest BCUT2D eigenvalue weighted by Crippen LogP contribution is 2.32. The van der Waals surface area contributed by atoms with Gasteiger partial charge in [-0.2, -0.15) is 0 Å². The minimum Gasteiger partial charge on any atom is -0.502 e. The first-order valence-electron chi connectivity index (χ1n) is 5.71. The van der Waals surface area contributed by atoms with Crippen LogP contribution in [0.1, 0.15) is 5.56 Å². The second kappa shape index (κ2) is 5.84. The van der Waals surface area contributed by atoms with Crippen LogP contribution in [-0.4, -0.2) is 10.0 Å². The van der Waals surface area contributed by atoms with Gasteiger partial charge in [0.05, 0.1) is 4.92 Å². The summed E-state index contributed by atoms with van der Waals surface area (Å²) >= 11 is 0. The van der Waals surface area contributed by atoms with Crippen molar-refractivity contribution in [1.29, 1.82) is 0 Å². The molecule has 0 amide bonds. The number of nitro groups is 1. The van der Waals surface area contributed by atoms with Gasteiger partial charge in [-0.25, -0.2) is 4.39 Å². The minimum atomic E-state index is -0.644. The third kappa shape index (κ3) is 3.22. The van der Waals surface area contributed by atoms with Crippen LogP contribution in [0.5, 0.6) is 5.75 Å². The molecule has 0 heterocycles. The number of hydrogen-bond acceptors (Lipinski definition) is 4. The normalized spacial score (nSPS) is 10.3. The number of nitrogens with zero attached hydrogens (tertiary/aromatic N) is 2. The van der Waals surface area contributed by atoms with Gasteiger partial charge in [0.25, 0.3) is 0 Å². The lowest BCUT2D eigenvalue weighted by Gasteiger charge is -2.19. The molecular formula is C13H12FN2O3P. The van der Waals surface area contributed by atoms with Crippen molar-refractivity contribution in [2.45, 2.75) is 6.54 Å². The molecule has 0 spiro atoms. The standard InChI is InChI=1S/C13H12FN2O3P/c14-10-3-1-9(2-4-10)8-15(20)11-5-6-13(17)12(7-11)16(18)19/h1-7,17H,8,20H2. The fraction of sp³-hybridized carbons (Fsp3) is 0.0769. The largest absolute Gasteiger partial charge is 0.502 e. The Balaban J connectivity index is 2.20. The number of aromatic hydroxyl groups is 1. The Morgan fingerprint density at radius 1 is 1.25 bits per heavy atom. The minimum absolute atomic E-state index is 0.315. The molecule has 0 aliphatic carbocycles. The SMILES string of the molecule is O=[N+]([O-])c1cc(N(P)Cc2ccc(F)cc2)ccc1O. The van der Waals surface area contributed by atoms with Crippen LogP contribution in [0.2, 0.25) is 0 Å². The number of phenols is 1. The number of hydrogen-bond donors (Lipinski definition) is 1. The molecule has 0 bridgehead atoms. The Labute approximate surface area is 117 Å². The van der Waals surface area contributed by atoms with E-state index >= 15 is 0 Å². The fourth-order valence-electron chi connectivity index (χ4n) is 1.71. The zero-order chi connectivity index (χ0) is 14.7. The van der Waals surface area contributed by atoms with Crippen molar-refractivity contribution in [2.75, 3.05) is 4.67 Å². The van der Waals surface area contributed by atoms with Crippen LogP contribution in [0.15, 0.2) is 42.5 Å². The molecule has 2 aromatic carbocycles. The van der Waals surface area contributed by atoms with E-state index in [2.05, 4.69) is 9.39 Å². The van der Waals surface area contributed by atoms with Crippen molar-refractivity contribution in [1.82, 2.24) is 0 Å². The van der Waals surface area contributed by atoms with Gasteiger partial charge in [0, 0.05) is 18.3 Å². The van der Waals surface area contributed by atoms with Gasteiger partial charge in [-0.15, -0.1) is 0 Å². The summed E-state index contributed by atoms with van der Waals surface area (Å²) in [7, 11) is 2.44. The van der Waals surface area contributed by atoms with Crippen LogP contribution in [0.4, 0.5) is 15.8 Å². The van der Waals surface area contributed by atoms with Crippen LogP contribution in [0.25, 0.3) is 0 Å². The molecule has 0 saturated heterocycles. The summed E-state index contributed by atoms with van der Waals surface area (Å²) in [5.41, 5.74) is 1.06. The topological polar surface area (TPSA) is 66.6 Å². The summed E-state index contributed by atoms with van der Waals surface area (Å²) in [5, 5.41) is 20.2. The molecule has 2 rings (SSSR count). The number of anilines is 1. The van der Waals surface area contributed by atoms with E-state index in [4.69, 9.17) is 0 Å². The summed E-state index contributed by atoms with van der Waals surface area (Å²) in [6, 6.07) is 10.1. The molecule has 20 heavy (non-hydrogen) atoms. The lowest BCUT2D eigenvalue weighted by atomic mass is 10.2. The molecule has 2 aromatic rings.